The highest BCUT2D eigenvalue weighted by Crippen LogP contribution is 2.20. The zero-order chi connectivity index (χ0) is 15.3. The summed E-state index contributed by atoms with van der Waals surface area (Å²) in [7, 11) is -1.60. The third kappa shape index (κ3) is 4.64. The molecule has 1 aromatic carbocycles. The van der Waals surface area contributed by atoms with Crippen molar-refractivity contribution in [1.29, 1.82) is 0 Å². The van der Waals surface area contributed by atoms with Crippen LogP contribution in [0.2, 0.25) is 0 Å². The smallest absolute Gasteiger partial charge is 0.250 e. The third-order valence-electron chi connectivity index (χ3n) is 3.02. The number of benzene rings is 1. The number of hydrogen-bond donors (Lipinski definition) is 2. The summed E-state index contributed by atoms with van der Waals surface area (Å²) < 4.78 is 27.8. The normalized spacial score (nSPS) is 13.2. The molecule has 0 fully saturated rings. The molecule has 1 unspecified atom stereocenters. The van der Waals surface area contributed by atoms with Crippen LogP contribution in [0.1, 0.15) is 18.1 Å². The van der Waals surface area contributed by atoms with E-state index >= 15 is 0 Å². The number of sulfonamides is 1. The monoisotopic (exact) mass is 324 g/mol. The van der Waals surface area contributed by atoms with E-state index in [0.29, 0.717) is 17.2 Å². The molecule has 0 aliphatic rings. The maximum absolute atomic E-state index is 12.3. The Balaban J connectivity index is 2.02. The van der Waals surface area contributed by atoms with E-state index in [4.69, 9.17) is 0 Å². The first-order valence-corrected chi connectivity index (χ1v) is 9.16. The molecule has 0 bridgehead atoms. The summed E-state index contributed by atoms with van der Waals surface area (Å²) in [6.45, 7) is 2.55. The number of rotatable bonds is 7. The van der Waals surface area contributed by atoms with Gasteiger partial charge in [0.05, 0.1) is 0 Å². The van der Waals surface area contributed by atoms with E-state index in [-0.39, 0.29) is 6.04 Å². The van der Waals surface area contributed by atoms with Gasteiger partial charge in [0.25, 0.3) is 0 Å². The molecule has 21 heavy (non-hydrogen) atoms. The molecular weight excluding hydrogens is 304 g/mol. The highest BCUT2D eigenvalue weighted by molar-refractivity contribution is 7.91. The van der Waals surface area contributed by atoms with Crippen LogP contribution in [0, 0.1) is 0 Å². The first-order chi connectivity index (χ1) is 10.0. The van der Waals surface area contributed by atoms with Gasteiger partial charge in [0.15, 0.2) is 0 Å². The van der Waals surface area contributed by atoms with E-state index in [1.165, 1.54) is 11.3 Å². The van der Waals surface area contributed by atoms with Gasteiger partial charge in [-0.3, -0.25) is 0 Å². The van der Waals surface area contributed by atoms with Crippen LogP contribution in [0.3, 0.4) is 0 Å². The SMILES string of the molecule is CNCc1csc(S(=O)(=O)NC(C)Cc2ccccc2)c1. The summed E-state index contributed by atoms with van der Waals surface area (Å²) in [6.07, 6.45) is 0.675. The summed E-state index contributed by atoms with van der Waals surface area (Å²) in [4.78, 5) is 0. The van der Waals surface area contributed by atoms with Crippen LogP contribution in [0.4, 0.5) is 0 Å². The van der Waals surface area contributed by atoms with Crippen LogP contribution in [0.25, 0.3) is 0 Å². The van der Waals surface area contributed by atoms with Gasteiger partial charge in [-0.25, -0.2) is 13.1 Å². The van der Waals surface area contributed by atoms with Crippen molar-refractivity contribution in [2.75, 3.05) is 7.05 Å². The van der Waals surface area contributed by atoms with Crippen LogP contribution in [0.5, 0.6) is 0 Å². The zero-order valence-electron chi connectivity index (χ0n) is 12.2. The molecule has 0 aliphatic heterocycles. The lowest BCUT2D eigenvalue weighted by atomic mass is 10.1. The second-order valence-corrected chi connectivity index (χ2v) is 7.87. The fourth-order valence-electron chi connectivity index (χ4n) is 2.12. The van der Waals surface area contributed by atoms with Gasteiger partial charge in [-0.05, 0) is 43.0 Å². The molecule has 4 nitrogen and oxygen atoms in total. The predicted molar refractivity (Wildman–Crippen MR) is 87.0 cm³/mol. The molecule has 0 saturated heterocycles. The van der Waals surface area contributed by atoms with Gasteiger partial charge in [0.1, 0.15) is 4.21 Å². The Morgan fingerprint density at radius 1 is 1.19 bits per heavy atom. The van der Waals surface area contributed by atoms with Crippen LogP contribution in [0.15, 0.2) is 46.0 Å². The quantitative estimate of drug-likeness (QED) is 0.822. The molecule has 6 heteroatoms. The van der Waals surface area contributed by atoms with Crippen molar-refractivity contribution in [1.82, 2.24) is 10.0 Å². The van der Waals surface area contributed by atoms with Crippen LogP contribution < -0.4 is 10.0 Å². The largest absolute Gasteiger partial charge is 0.316 e. The Bertz CT molecular complexity index is 666. The van der Waals surface area contributed by atoms with E-state index < -0.39 is 10.0 Å². The Hall–Kier alpha value is -1.21. The molecule has 114 valence electrons. The molecule has 2 aromatic rings. The lowest BCUT2D eigenvalue weighted by Crippen LogP contribution is -2.33. The summed E-state index contributed by atoms with van der Waals surface area (Å²) in [5.41, 5.74) is 2.10. The Kier molecular flexibility index (Phi) is 5.52. The lowest BCUT2D eigenvalue weighted by molar-refractivity contribution is 0.561. The lowest BCUT2D eigenvalue weighted by Gasteiger charge is -2.13. The van der Waals surface area contributed by atoms with Crippen LogP contribution in [-0.2, 0) is 23.0 Å². The van der Waals surface area contributed by atoms with Crippen molar-refractivity contribution in [3.8, 4) is 0 Å². The van der Waals surface area contributed by atoms with Crippen molar-refractivity contribution < 1.29 is 8.42 Å². The Labute approximate surface area is 130 Å². The highest BCUT2D eigenvalue weighted by Gasteiger charge is 2.19. The Morgan fingerprint density at radius 2 is 1.90 bits per heavy atom. The Morgan fingerprint density at radius 3 is 2.57 bits per heavy atom. The second-order valence-electron chi connectivity index (χ2n) is 5.02. The molecule has 1 aromatic heterocycles. The second kappa shape index (κ2) is 7.17. The molecule has 1 atom stereocenters. The van der Waals surface area contributed by atoms with Gasteiger partial charge < -0.3 is 5.32 Å². The van der Waals surface area contributed by atoms with Gasteiger partial charge in [0, 0.05) is 12.6 Å². The van der Waals surface area contributed by atoms with E-state index in [0.717, 1.165) is 11.1 Å². The molecule has 1 heterocycles. The maximum Gasteiger partial charge on any atom is 0.250 e. The van der Waals surface area contributed by atoms with Gasteiger partial charge in [-0.1, -0.05) is 30.3 Å². The van der Waals surface area contributed by atoms with E-state index in [9.17, 15) is 8.42 Å². The van der Waals surface area contributed by atoms with E-state index in [2.05, 4.69) is 10.0 Å². The minimum absolute atomic E-state index is 0.146. The molecule has 2 N–H and O–H groups in total. The fourth-order valence-corrected chi connectivity index (χ4v) is 4.59. The first-order valence-electron chi connectivity index (χ1n) is 6.79. The van der Waals surface area contributed by atoms with Crippen molar-refractivity contribution in [2.45, 2.75) is 30.1 Å². The number of hydrogen-bond acceptors (Lipinski definition) is 4. The minimum atomic E-state index is -3.44. The number of thiophene rings is 1. The zero-order valence-corrected chi connectivity index (χ0v) is 13.8. The van der Waals surface area contributed by atoms with Crippen molar-refractivity contribution in [3.63, 3.8) is 0 Å². The molecule has 0 amide bonds. The average Bonchev–Trinajstić information content (AvgIpc) is 2.89. The summed E-state index contributed by atoms with van der Waals surface area (Å²) >= 11 is 1.25. The third-order valence-corrected chi connectivity index (χ3v) is 6.09. The molecule has 0 spiro atoms. The van der Waals surface area contributed by atoms with Crippen LogP contribution >= 0.6 is 11.3 Å². The van der Waals surface area contributed by atoms with Crippen molar-refractivity contribution in [2.24, 2.45) is 0 Å². The van der Waals surface area contributed by atoms with E-state index in [1.54, 1.807) is 6.07 Å². The van der Waals surface area contributed by atoms with Gasteiger partial charge in [0.2, 0.25) is 10.0 Å². The topological polar surface area (TPSA) is 58.2 Å². The highest BCUT2D eigenvalue weighted by atomic mass is 32.2. The van der Waals surface area contributed by atoms with Gasteiger partial charge in [-0.2, -0.15) is 0 Å². The van der Waals surface area contributed by atoms with Crippen molar-refractivity contribution in [3.05, 3.63) is 52.9 Å². The molecule has 0 radical (unpaired) electrons. The van der Waals surface area contributed by atoms with E-state index in [1.807, 2.05) is 49.7 Å². The maximum atomic E-state index is 12.3. The first kappa shape index (κ1) is 16.2. The molecule has 2 rings (SSSR count). The van der Waals surface area contributed by atoms with Gasteiger partial charge >= 0.3 is 0 Å². The number of nitrogens with one attached hydrogen (secondary N) is 2. The molecule has 0 saturated carbocycles. The summed E-state index contributed by atoms with van der Waals surface area (Å²) in [5, 5.41) is 4.88. The molecule has 0 aliphatic carbocycles. The molecular formula is C15H20N2O2S2. The van der Waals surface area contributed by atoms with Crippen molar-refractivity contribution >= 4 is 21.4 Å². The summed E-state index contributed by atoms with van der Waals surface area (Å²) in [5.74, 6) is 0. The average molecular weight is 324 g/mol. The van der Waals surface area contributed by atoms with Crippen LogP contribution in [-0.4, -0.2) is 21.5 Å². The standard InChI is InChI=1S/C15H20N2O2S2/c1-12(8-13-6-4-3-5-7-13)17-21(18,19)15-9-14(10-16-2)11-20-15/h3-7,9,11-12,16-17H,8,10H2,1-2H3. The predicted octanol–water partition coefficient (Wildman–Crippen LogP) is 2.38. The van der Waals surface area contributed by atoms with Gasteiger partial charge in [-0.15, -0.1) is 11.3 Å². The fraction of sp³-hybridized carbons (Fsp3) is 0.333. The summed E-state index contributed by atoms with van der Waals surface area (Å²) in [6, 6.07) is 11.4. The minimum Gasteiger partial charge on any atom is -0.316 e.